The van der Waals surface area contributed by atoms with Gasteiger partial charge in [0.2, 0.25) is 17.7 Å². The Kier molecular flexibility index (Phi) is 9.64. The van der Waals surface area contributed by atoms with Crippen LogP contribution in [-0.4, -0.2) is 68.0 Å². The minimum absolute atomic E-state index is 0.0963. The van der Waals surface area contributed by atoms with Crippen molar-refractivity contribution in [2.45, 2.75) is 57.3 Å². The Hall–Kier alpha value is -3.26. The van der Waals surface area contributed by atoms with E-state index >= 15 is 0 Å². The number of carboxylic acid groups (broad SMARTS) is 1. The zero-order valence-electron chi connectivity index (χ0n) is 16.5. The minimum Gasteiger partial charge on any atom is -0.480 e. The highest BCUT2D eigenvalue weighted by Gasteiger charge is 2.29. The lowest BCUT2D eigenvalue weighted by Gasteiger charge is -2.19. The van der Waals surface area contributed by atoms with Crippen LogP contribution in [0.4, 0.5) is 4.79 Å². The lowest BCUT2D eigenvalue weighted by atomic mass is 10.2. The van der Waals surface area contributed by atoms with E-state index in [2.05, 4.69) is 20.8 Å². The van der Waals surface area contributed by atoms with E-state index in [4.69, 9.17) is 15.4 Å². The van der Waals surface area contributed by atoms with E-state index in [0.29, 0.717) is 6.42 Å². The molecule has 14 nitrogen and oxygen atoms in total. The lowest BCUT2D eigenvalue weighted by Crippen LogP contribution is -2.52. The molecule has 4 atom stereocenters. The van der Waals surface area contributed by atoms with Crippen molar-refractivity contribution < 1.29 is 39.0 Å². The summed E-state index contributed by atoms with van der Waals surface area (Å²) >= 11 is 0. The number of urea groups is 1. The smallest absolute Gasteiger partial charge is 0.328 e. The van der Waals surface area contributed by atoms with Crippen molar-refractivity contribution in [1.29, 1.82) is 0 Å². The molecular weight excluding hydrogens is 404 g/mol. The van der Waals surface area contributed by atoms with Gasteiger partial charge >= 0.3 is 12.0 Å². The molecule has 1 heterocycles. The third-order valence-electron chi connectivity index (χ3n) is 3.81. The van der Waals surface area contributed by atoms with Crippen LogP contribution in [0.25, 0.3) is 0 Å². The van der Waals surface area contributed by atoms with E-state index in [1.54, 1.807) is 6.92 Å². The fourth-order valence-corrected chi connectivity index (χ4v) is 2.35. The van der Waals surface area contributed by atoms with Crippen molar-refractivity contribution in [3.63, 3.8) is 0 Å². The van der Waals surface area contributed by atoms with Crippen LogP contribution in [0.3, 0.4) is 0 Å². The molecule has 0 aliphatic heterocycles. The number of hydrogen-bond donors (Lipinski definition) is 7. The number of hydrogen-bond acceptors (Lipinski definition) is 9. The molecule has 168 valence electrons. The first-order valence-electron chi connectivity index (χ1n) is 9.08. The summed E-state index contributed by atoms with van der Waals surface area (Å²) in [6, 6.07) is -4.84. The molecule has 0 bridgehead atoms. The van der Waals surface area contributed by atoms with Gasteiger partial charge in [0.15, 0.2) is 11.9 Å². The number of nitrogens with one attached hydrogen (secondary N) is 3. The number of carbonyl (C=O) groups is 4. The maximum absolute atomic E-state index is 12.1. The molecule has 14 heteroatoms. The first-order chi connectivity index (χ1) is 14.1. The van der Waals surface area contributed by atoms with Crippen LogP contribution in [0.15, 0.2) is 4.52 Å². The van der Waals surface area contributed by atoms with E-state index in [-0.39, 0.29) is 24.0 Å². The lowest BCUT2D eigenvalue weighted by molar-refractivity contribution is -0.141. The number of carbonyl (C=O) groups excluding carboxylic acids is 3. The molecule has 0 aromatic carbocycles. The molecule has 1 unspecified atom stereocenters. The maximum Gasteiger partial charge on any atom is 0.328 e. The molecule has 0 saturated carbocycles. The standard InChI is InChI=1S/C16H26N6O8/c1-3-4-11(26)18-9(6-23)13-21-14(30-22-13)8(5-10(17)25)19-16(29)20-12(7(2)24)15(27)28/h7-9,12,23-24H,3-6H2,1-2H3,(H2,17,25)(H,18,26)(H,27,28)(H2,19,20,29)/t7?,8-,9-,12-/m0/s1. The number of carboxylic acids is 1. The molecule has 1 aromatic rings. The Morgan fingerprint density at radius 2 is 1.83 bits per heavy atom. The van der Waals surface area contributed by atoms with Gasteiger partial charge in [0, 0.05) is 6.42 Å². The third kappa shape index (κ3) is 7.63. The van der Waals surface area contributed by atoms with Crippen LogP contribution >= 0.6 is 0 Å². The van der Waals surface area contributed by atoms with Crippen molar-refractivity contribution in [2.75, 3.05) is 6.61 Å². The fourth-order valence-electron chi connectivity index (χ4n) is 2.35. The number of nitrogens with two attached hydrogens (primary N) is 1. The Bertz CT molecular complexity index is 752. The van der Waals surface area contributed by atoms with Gasteiger partial charge in [-0.1, -0.05) is 12.1 Å². The molecule has 4 amide bonds. The Labute approximate surface area is 171 Å². The summed E-state index contributed by atoms with van der Waals surface area (Å²) in [6.07, 6.45) is -1.05. The summed E-state index contributed by atoms with van der Waals surface area (Å²) in [6.45, 7) is 2.45. The molecule has 0 fully saturated rings. The number of aliphatic hydroxyl groups is 2. The van der Waals surface area contributed by atoms with Gasteiger partial charge < -0.3 is 41.5 Å². The number of rotatable bonds is 12. The van der Waals surface area contributed by atoms with Crippen molar-refractivity contribution in [1.82, 2.24) is 26.1 Å². The molecule has 8 N–H and O–H groups in total. The van der Waals surface area contributed by atoms with Gasteiger partial charge in [0.1, 0.15) is 12.1 Å². The molecule has 0 spiro atoms. The Morgan fingerprint density at radius 1 is 1.17 bits per heavy atom. The number of aromatic nitrogens is 2. The Balaban J connectivity index is 2.96. The summed E-state index contributed by atoms with van der Waals surface area (Å²) < 4.78 is 5.01. The first-order valence-corrected chi connectivity index (χ1v) is 9.08. The zero-order valence-corrected chi connectivity index (χ0v) is 16.5. The molecule has 1 rings (SSSR count). The van der Waals surface area contributed by atoms with Gasteiger partial charge in [0.25, 0.3) is 0 Å². The van der Waals surface area contributed by atoms with E-state index in [1.807, 2.05) is 5.32 Å². The van der Waals surface area contributed by atoms with Crippen LogP contribution in [-0.2, 0) is 14.4 Å². The highest BCUT2D eigenvalue weighted by molar-refractivity contribution is 5.83. The summed E-state index contributed by atoms with van der Waals surface area (Å²) in [5, 5.41) is 38.4. The van der Waals surface area contributed by atoms with Crippen molar-refractivity contribution in [2.24, 2.45) is 5.73 Å². The second-order valence-corrected chi connectivity index (χ2v) is 6.44. The largest absolute Gasteiger partial charge is 0.480 e. The molecular formula is C16H26N6O8. The van der Waals surface area contributed by atoms with Crippen LogP contribution < -0.4 is 21.7 Å². The second-order valence-electron chi connectivity index (χ2n) is 6.44. The van der Waals surface area contributed by atoms with Gasteiger partial charge in [-0.15, -0.1) is 0 Å². The highest BCUT2D eigenvalue weighted by Crippen LogP contribution is 2.17. The SMILES string of the molecule is CCCC(=O)N[C@@H](CO)c1noc([C@H](CC(N)=O)NC(=O)N[C@H](C(=O)O)C(C)O)n1. The van der Waals surface area contributed by atoms with Crippen LogP contribution in [0.5, 0.6) is 0 Å². The summed E-state index contributed by atoms with van der Waals surface area (Å²) in [4.78, 5) is 50.2. The first kappa shape index (κ1) is 24.8. The molecule has 30 heavy (non-hydrogen) atoms. The number of aliphatic carboxylic acids is 1. The van der Waals surface area contributed by atoms with Gasteiger partial charge in [-0.3, -0.25) is 9.59 Å². The molecule has 0 radical (unpaired) electrons. The van der Waals surface area contributed by atoms with Crippen molar-refractivity contribution in [3.8, 4) is 0 Å². The monoisotopic (exact) mass is 430 g/mol. The van der Waals surface area contributed by atoms with Gasteiger partial charge in [0.05, 0.1) is 19.1 Å². The average molecular weight is 430 g/mol. The maximum atomic E-state index is 12.1. The predicted molar refractivity (Wildman–Crippen MR) is 98.5 cm³/mol. The fraction of sp³-hybridized carbons (Fsp3) is 0.625. The Morgan fingerprint density at radius 3 is 2.33 bits per heavy atom. The van der Waals surface area contributed by atoms with E-state index < -0.39 is 55.2 Å². The number of aliphatic hydroxyl groups excluding tert-OH is 2. The summed E-state index contributed by atoms with van der Waals surface area (Å²) in [5.74, 6) is -3.00. The van der Waals surface area contributed by atoms with Crippen molar-refractivity contribution >= 4 is 23.8 Å². The predicted octanol–water partition coefficient (Wildman–Crippen LogP) is -1.93. The topological polar surface area (TPSA) is 230 Å². The zero-order chi connectivity index (χ0) is 22.8. The van der Waals surface area contributed by atoms with Crippen LogP contribution in [0, 0.1) is 0 Å². The minimum atomic E-state index is -1.61. The summed E-state index contributed by atoms with van der Waals surface area (Å²) in [5.41, 5.74) is 5.16. The molecule has 1 aromatic heterocycles. The van der Waals surface area contributed by atoms with Crippen LogP contribution in [0.1, 0.15) is 56.9 Å². The van der Waals surface area contributed by atoms with Gasteiger partial charge in [-0.2, -0.15) is 4.98 Å². The van der Waals surface area contributed by atoms with Gasteiger partial charge in [-0.25, -0.2) is 9.59 Å². The molecule has 0 aliphatic carbocycles. The van der Waals surface area contributed by atoms with Crippen molar-refractivity contribution in [3.05, 3.63) is 11.7 Å². The average Bonchev–Trinajstić information content (AvgIpc) is 3.13. The third-order valence-corrected chi connectivity index (χ3v) is 3.81. The number of nitrogens with zero attached hydrogens (tertiary/aromatic N) is 2. The van der Waals surface area contributed by atoms with Crippen LogP contribution in [0.2, 0.25) is 0 Å². The van der Waals surface area contributed by atoms with Gasteiger partial charge in [-0.05, 0) is 13.3 Å². The normalized spacial score (nSPS) is 14.8. The molecule has 0 aliphatic rings. The number of primary amides is 1. The van der Waals surface area contributed by atoms with E-state index in [9.17, 15) is 29.4 Å². The number of amides is 4. The highest BCUT2D eigenvalue weighted by atomic mass is 16.5. The quantitative estimate of drug-likeness (QED) is 0.194. The summed E-state index contributed by atoms with van der Waals surface area (Å²) in [7, 11) is 0. The van der Waals surface area contributed by atoms with E-state index in [1.165, 1.54) is 6.92 Å². The second kappa shape index (κ2) is 11.7. The van der Waals surface area contributed by atoms with E-state index in [0.717, 1.165) is 0 Å². The molecule has 0 saturated heterocycles.